The van der Waals surface area contributed by atoms with Crippen molar-refractivity contribution in [1.82, 2.24) is 20.9 Å². The van der Waals surface area contributed by atoms with Gasteiger partial charge in [0.2, 0.25) is 17.6 Å². The topological polar surface area (TPSA) is 134 Å². The summed E-state index contributed by atoms with van der Waals surface area (Å²) in [5, 5.41) is 8.13. The fraction of sp³-hybridized carbons (Fsp3) is 0.559. The van der Waals surface area contributed by atoms with Crippen LogP contribution >= 0.6 is 0 Å². The van der Waals surface area contributed by atoms with E-state index in [2.05, 4.69) is 43.0 Å². The Labute approximate surface area is 260 Å². The molecule has 3 aliphatic rings. The van der Waals surface area contributed by atoms with Crippen LogP contribution < -0.4 is 16.0 Å². The van der Waals surface area contributed by atoms with Crippen LogP contribution in [0, 0.1) is 23.2 Å². The van der Waals surface area contributed by atoms with Crippen LogP contribution in [0.3, 0.4) is 0 Å². The molecule has 10 heteroatoms. The second-order valence-electron chi connectivity index (χ2n) is 12.9. The van der Waals surface area contributed by atoms with Gasteiger partial charge in [0.15, 0.2) is 0 Å². The van der Waals surface area contributed by atoms with Crippen molar-refractivity contribution in [2.45, 2.75) is 84.0 Å². The number of benzene rings is 1. The summed E-state index contributed by atoms with van der Waals surface area (Å²) < 4.78 is 5.49. The fourth-order valence-corrected chi connectivity index (χ4v) is 6.85. The lowest BCUT2D eigenvalue weighted by molar-refractivity contribution is -0.144. The smallest absolute Gasteiger partial charge is 0.408 e. The highest BCUT2D eigenvalue weighted by Crippen LogP contribution is 2.65. The second-order valence-corrected chi connectivity index (χ2v) is 12.9. The summed E-state index contributed by atoms with van der Waals surface area (Å²) in [5.74, 6) is -2.64. The number of nitrogens with one attached hydrogen (secondary N) is 3. The van der Waals surface area contributed by atoms with Gasteiger partial charge in [0.1, 0.15) is 18.2 Å². The fourth-order valence-electron chi connectivity index (χ4n) is 6.85. The van der Waals surface area contributed by atoms with Crippen molar-refractivity contribution in [3.05, 3.63) is 60.7 Å². The maximum Gasteiger partial charge on any atom is 0.408 e. The van der Waals surface area contributed by atoms with Gasteiger partial charge in [-0.15, -0.1) is 13.2 Å². The Morgan fingerprint density at radius 1 is 1.07 bits per heavy atom. The lowest BCUT2D eigenvalue weighted by atomic mass is 9.93. The van der Waals surface area contributed by atoms with Crippen LogP contribution in [-0.2, 0) is 36.8 Å². The molecule has 4 amide bonds. The minimum atomic E-state index is -1.08. The molecule has 0 spiro atoms. The number of Topliss-reactive ketones (excluding diaryl/α,β-unsaturated/α-hetero) is 1. The van der Waals surface area contributed by atoms with Crippen molar-refractivity contribution in [3.8, 4) is 0 Å². The quantitative estimate of drug-likeness (QED) is 0.220. The Morgan fingerprint density at radius 2 is 1.73 bits per heavy atom. The van der Waals surface area contributed by atoms with E-state index in [0.717, 1.165) is 11.1 Å². The first kappa shape index (κ1) is 33.0. The van der Waals surface area contributed by atoms with Crippen LogP contribution in [0.15, 0.2) is 49.6 Å². The number of nitrogens with zero attached hydrogens (tertiary/aromatic N) is 1. The summed E-state index contributed by atoms with van der Waals surface area (Å²) >= 11 is 0. The SMILES string of the molecule is C=CCCC(NC(=O)C1C2C(CN1C(=O)C(NC(=O)OC(C)CC)C1Cc3ccccc3C1)C2(C)C)C(=O)C(=O)NCC=C. The van der Waals surface area contributed by atoms with Crippen molar-refractivity contribution in [1.29, 1.82) is 0 Å². The summed E-state index contributed by atoms with van der Waals surface area (Å²) in [6, 6.07) is 5.15. The van der Waals surface area contributed by atoms with Crippen molar-refractivity contribution < 1.29 is 28.7 Å². The predicted molar refractivity (Wildman–Crippen MR) is 166 cm³/mol. The average molecular weight is 607 g/mol. The molecular weight excluding hydrogens is 560 g/mol. The van der Waals surface area contributed by atoms with Gasteiger partial charge in [0, 0.05) is 13.1 Å². The van der Waals surface area contributed by atoms with E-state index in [-0.39, 0.29) is 48.1 Å². The lowest BCUT2D eigenvalue weighted by Crippen LogP contribution is -2.59. The number of ketones is 1. The molecule has 1 saturated heterocycles. The highest BCUT2D eigenvalue weighted by atomic mass is 16.6. The molecule has 3 N–H and O–H groups in total. The molecule has 6 unspecified atom stereocenters. The molecule has 6 atom stereocenters. The van der Waals surface area contributed by atoms with E-state index in [9.17, 15) is 24.0 Å². The van der Waals surface area contributed by atoms with Gasteiger partial charge < -0.3 is 25.6 Å². The molecule has 1 aromatic rings. The molecule has 0 aromatic heterocycles. The van der Waals surface area contributed by atoms with Gasteiger partial charge in [-0.05, 0) is 73.3 Å². The number of alkyl carbamates (subject to hydrolysis) is 1. The molecule has 0 bridgehead atoms. The zero-order valence-electron chi connectivity index (χ0n) is 26.3. The molecule has 1 heterocycles. The molecule has 4 rings (SSSR count). The van der Waals surface area contributed by atoms with Crippen LogP contribution in [0.2, 0.25) is 0 Å². The Morgan fingerprint density at radius 3 is 2.32 bits per heavy atom. The van der Waals surface area contributed by atoms with Crippen molar-refractivity contribution >= 4 is 29.6 Å². The highest BCUT2D eigenvalue weighted by molar-refractivity contribution is 6.38. The second kappa shape index (κ2) is 13.8. The van der Waals surface area contributed by atoms with Gasteiger partial charge in [-0.2, -0.15) is 0 Å². The van der Waals surface area contributed by atoms with Gasteiger partial charge in [0.25, 0.3) is 5.91 Å². The van der Waals surface area contributed by atoms with E-state index < -0.39 is 41.8 Å². The van der Waals surface area contributed by atoms with Crippen LogP contribution in [-0.4, -0.2) is 71.8 Å². The molecule has 1 aliphatic heterocycles. The molecule has 2 aliphatic carbocycles. The Bertz CT molecular complexity index is 1280. The molecule has 10 nitrogen and oxygen atoms in total. The Kier molecular flexibility index (Phi) is 10.3. The molecule has 1 saturated carbocycles. The number of hydrogen-bond acceptors (Lipinski definition) is 6. The van der Waals surface area contributed by atoms with Crippen LogP contribution in [0.4, 0.5) is 4.79 Å². The number of fused-ring (bicyclic) bond motifs is 2. The van der Waals surface area contributed by atoms with E-state index in [1.165, 1.54) is 6.08 Å². The summed E-state index contributed by atoms with van der Waals surface area (Å²) in [6.07, 6.45) is 4.54. The van der Waals surface area contributed by atoms with E-state index in [1.54, 1.807) is 17.9 Å². The molecule has 1 aromatic carbocycles. The Balaban J connectivity index is 1.58. The van der Waals surface area contributed by atoms with Crippen molar-refractivity contribution in [2.75, 3.05) is 13.1 Å². The van der Waals surface area contributed by atoms with Gasteiger partial charge >= 0.3 is 6.09 Å². The number of likely N-dealkylation sites (tertiary alicyclic amines) is 1. The van der Waals surface area contributed by atoms with E-state index >= 15 is 0 Å². The van der Waals surface area contributed by atoms with Crippen molar-refractivity contribution in [3.63, 3.8) is 0 Å². The summed E-state index contributed by atoms with van der Waals surface area (Å²) in [7, 11) is 0. The summed E-state index contributed by atoms with van der Waals surface area (Å²) in [4.78, 5) is 68.4. The zero-order valence-corrected chi connectivity index (χ0v) is 26.3. The number of ether oxygens (including phenoxy) is 1. The predicted octanol–water partition coefficient (Wildman–Crippen LogP) is 3.10. The Hall–Kier alpha value is -3.95. The number of allylic oxidation sites excluding steroid dienone is 1. The maximum absolute atomic E-state index is 14.4. The third-order valence-electron chi connectivity index (χ3n) is 9.66. The summed E-state index contributed by atoms with van der Waals surface area (Å²) in [6.45, 7) is 15.6. The number of piperidine rings is 1. The minimum absolute atomic E-state index is 0.0916. The standard InChI is InChI=1S/C34H46N4O6/c1-7-10-15-25(29(39)31(41)35-16-8-2)36-30(40)28-26-24(34(26,5)6)19-38(28)32(42)27(37-33(43)44-20(4)9-3)23-17-21-13-11-12-14-22(21)18-23/h7-8,11-14,20,23-28H,1-2,9-10,15-19H2,3-6H3,(H,35,41)(H,36,40)(H,37,43). The monoisotopic (exact) mass is 606 g/mol. The van der Waals surface area contributed by atoms with E-state index in [0.29, 0.717) is 32.2 Å². The molecule has 238 valence electrons. The van der Waals surface area contributed by atoms with Gasteiger partial charge in [-0.1, -0.05) is 57.2 Å². The summed E-state index contributed by atoms with van der Waals surface area (Å²) in [5.41, 5.74) is 2.08. The third-order valence-corrected chi connectivity index (χ3v) is 9.66. The highest BCUT2D eigenvalue weighted by Gasteiger charge is 2.69. The van der Waals surface area contributed by atoms with E-state index in [1.807, 2.05) is 31.2 Å². The first-order valence-corrected chi connectivity index (χ1v) is 15.6. The van der Waals surface area contributed by atoms with E-state index in [4.69, 9.17) is 4.74 Å². The number of carbonyl (C=O) groups excluding carboxylic acids is 5. The normalized spacial score (nSPS) is 23.3. The van der Waals surface area contributed by atoms with Crippen LogP contribution in [0.25, 0.3) is 0 Å². The zero-order chi connectivity index (χ0) is 32.2. The van der Waals surface area contributed by atoms with Crippen molar-refractivity contribution in [2.24, 2.45) is 23.2 Å². The van der Waals surface area contributed by atoms with Crippen LogP contribution in [0.5, 0.6) is 0 Å². The van der Waals surface area contributed by atoms with Gasteiger partial charge in [0.05, 0.1) is 6.04 Å². The maximum atomic E-state index is 14.4. The molecule has 44 heavy (non-hydrogen) atoms. The molecule has 2 fully saturated rings. The van der Waals surface area contributed by atoms with Gasteiger partial charge in [-0.25, -0.2) is 4.79 Å². The number of rotatable bonds is 14. The number of amides is 4. The van der Waals surface area contributed by atoms with Crippen LogP contribution in [0.1, 0.15) is 58.1 Å². The largest absolute Gasteiger partial charge is 0.447 e. The third kappa shape index (κ3) is 6.89. The molecule has 0 radical (unpaired) electrons. The lowest BCUT2D eigenvalue weighted by Gasteiger charge is -2.35. The first-order chi connectivity index (χ1) is 20.9. The molecular formula is C34H46N4O6. The first-order valence-electron chi connectivity index (χ1n) is 15.6. The average Bonchev–Trinajstić information content (AvgIpc) is 3.37. The minimum Gasteiger partial charge on any atom is -0.447 e. The van der Waals surface area contributed by atoms with Gasteiger partial charge in [-0.3, -0.25) is 19.2 Å². The number of hydrogen-bond donors (Lipinski definition) is 3. The number of carbonyl (C=O) groups is 5.